The second-order valence-electron chi connectivity index (χ2n) is 4.93. The Labute approximate surface area is 80.9 Å². The molecule has 0 aromatic heterocycles. The molecule has 0 bridgehead atoms. The zero-order valence-electron chi connectivity index (χ0n) is 8.63. The maximum absolute atomic E-state index is 8.76. The number of likely N-dealkylation sites (tertiary alicyclic amines) is 1. The van der Waals surface area contributed by atoms with Crippen LogP contribution >= 0.6 is 0 Å². The topological polar surface area (TPSA) is 23.5 Å². The molecule has 1 atom stereocenters. The predicted octanol–water partition coefficient (Wildman–Crippen LogP) is 1.49. The molecular formula is C11H21NO. The van der Waals surface area contributed by atoms with Crippen molar-refractivity contribution < 1.29 is 5.11 Å². The lowest BCUT2D eigenvalue weighted by atomic mass is 9.90. The summed E-state index contributed by atoms with van der Waals surface area (Å²) >= 11 is 0. The van der Waals surface area contributed by atoms with Crippen LogP contribution in [0.3, 0.4) is 0 Å². The van der Waals surface area contributed by atoms with Gasteiger partial charge in [0.05, 0.1) is 0 Å². The van der Waals surface area contributed by atoms with Gasteiger partial charge in [-0.1, -0.05) is 0 Å². The second kappa shape index (κ2) is 3.58. The molecule has 0 radical (unpaired) electrons. The summed E-state index contributed by atoms with van der Waals surface area (Å²) in [6.07, 6.45) is 6.53. The van der Waals surface area contributed by atoms with E-state index in [1.165, 1.54) is 38.8 Å². The normalized spacial score (nSPS) is 32.3. The summed E-state index contributed by atoms with van der Waals surface area (Å²) in [5, 5.41) is 8.76. The third kappa shape index (κ3) is 1.89. The zero-order valence-corrected chi connectivity index (χ0v) is 8.63. The van der Waals surface area contributed by atoms with Crippen molar-refractivity contribution in [3.63, 3.8) is 0 Å². The number of nitrogens with zero attached hydrogens (tertiary/aromatic N) is 1. The van der Waals surface area contributed by atoms with Gasteiger partial charge in [0.25, 0.3) is 0 Å². The minimum absolute atomic E-state index is 0.381. The van der Waals surface area contributed by atoms with E-state index in [0.29, 0.717) is 6.61 Å². The van der Waals surface area contributed by atoms with Gasteiger partial charge in [-0.25, -0.2) is 0 Å². The molecule has 2 aliphatic rings. The monoisotopic (exact) mass is 183 g/mol. The summed E-state index contributed by atoms with van der Waals surface area (Å²) in [6.45, 7) is 2.96. The van der Waals surface area contributed by atoms with Gasteiger partial charge in [-0.3, -0.25) is 0 Å². The number of hydrogen-bond acceptors (Lipinski definition) is 2. The van der Waals surface area contributed by atoms with E-state index in [1.54, 1.807) is 0 Å². The van der Waals surface area contributed by atoms with Crippen molar-refractivity contribution in [3.05, 3.63) is 0 Å². The number of hydrogen-bond donors (Lipinski definition) is 1. The molecule has 1 heterocycles. The Morgan fingerprint density at radius 3 is 2.69 bits per heavy atom. The highest BCUT2D eigenvalue weighted by atomic mass is 16.2. The van der Waals surface area contributed by atoms with Crippen LogP contribution in [0, 0.1) is 11.3 Å². The summed E-state index contributed by atoms with van der Waals surface area (Å²) in [5.41, 5.74) is 0.724. The second-order valence-corrected chi connectivity index (χ2v) is 4.93. The number of aliphatic hydroxyl groups excluding tert-OH is 1. The van der Waals surface area contributed by atoms with Crippen LogP contribution in [0.5, 0.6) is 0 Å². The minimum Gasteiger partial charge on any atom is -0.396 e. The molecule has 1 aliphatic carbocycles. The van der Waals surface area contributed by atoms with Crippen LogP contribution < -0.4 is 0 Å². The first kappa shape index (κ1) is 9.47. The van der Waals surface area contributed by atoms with Crippen LogP contribution in [-0.4, -0.2) is 36.8 Å². The number of piperidine rings is 1. The van der Waals surface area contributed by atoms with Crippen molar-refractivity contribution >= 4 is 0 Å². The average Bonchev–Trinajstić information content (AvgIpc) is 2.82. The molecule has 2 fully saturated rings. The standard InChI is InChI=1S/C11H21NO/c1-12-6-4-11(5-7-12)9-10(11)3-2-8-13/h10,13H,2-9H2,1H3. The van der Waals surface area contributed by atoms with Crippen molar-refractivity contribution in [2.24, 2.45) is 11.3 Å². The fourth-order valence-corrected chi connectivity index (χ4v) is 2.85. The fourth-order valence-electron chi connectivity index (χ4n) is 2.85. The van der Waals surface area contributed by atoms with E-state index in [-0.39, 0.29) is 0 Å². The lowest BCUT2D eigenvalue weighted by Crippen LogP contribution is -2.31. The van der Waals surface area contributed by atoms with E-state index < -0.39 is 0 Å². The van der Waals surface area contributed by atoms with Gasteiger partial charge >= 0.3 is 0 Å². The first-order chi connectivity index (χ1) is 6.27. The van der Waals surface area contributed by atoms with E-state index in [2.05, 4.69) is 11.9 Å². The molecule has 1 saturated heterocycles. The maximum atomic E-state index is 8.76. The smallest absolute Gasteiger partial charge is 0.0431 e. The quantitative estimate of drug-likeness (QED) is 0.716. The van der Waals surface area contributed by atoms with Gasteiger partial charge in [0, 0.05) is 6.61 Å². The fraction of sp³-hybridized carbons (Fsp3) is 1.00. The SMILES string of the molecule is CN1CCC2(CC1)CC2CCCO. The van der Waals surface area contributed by atoms with Gasteiger partial charge in [-0.05, 0) is 63.6 Å². The van der Waals surface area contributed by atoms with E-state index >= 15 is 0 Å². The van der Waals surface area contributed by atoms with Crippen molar-refractivity contribution in [2.45, 2.75) is 32.1 Å². The highest BCUT2D eigenvalue weighted by Gasteiger charge is 2.53. The molecular weight excluding hydrogens is 162 g/mol. The molecule has 2 rings (SSSR count). The highest BCUT2D eigenvalue weighted by molar-refractivity contribution is 5.04. The van der Waals surface area contributed by atoms with Gasteiger partial charge in [0.15, 0.2) is 0 Å². The van der Waals surface area contributed by atoms with E-state index in [4.69, 9.17) is 5.11 Å². The van der Waals surface area contributed by atoms with Gasteiger partial charge in [-0.2, -0.15) is 0 Å². The van der Waals surface area contributed by atoms with Crippen molar-refractivity contribution in [1.82, 2.24) is 4.90 Å². The molecule has 1 spiro atoms. The third-order valence-electron chi connectivity index (χ3n) is 4.05. The molecule has 1 unspecified atom stereocenters. The van der Waals surface area contributed by atoms with E-state index in [9.17, 15) is 0 Å². The van der Waals surface area contributed by atoms with Crippen molar-refractivity contribution in [2.75, 3.05) is 26.7 Å². The van der Waals surface area contributed by atoms with E-state index in [0.717, 1.165) is 17.8 Å². The van der Waals surface area contributed by atoms with Crippen LogP contribution in [0.4, 0.5) is 0 Å². The Kier molecular flexibility index (Phi) is 2.61. The Hall–Kier alpha value is -0.0800. The molecule has 2 heteroatoms. The molecule has 13 heavy (non-hydrogen) atoms. The Balaban J connectivity index is 1.76. The summed E-state index contributed by atoms with van der Waals surface area (Å²) < 4.78 is 0. The highest BCUT2D eigenvalue weighted by Crippen LogP contribution is 2.61. The molecule has 1 saturated carbocycles. The van der Waals surface area contributed by atoms with E-state index in [1.807, 2.05) is 0 Å². The lowest BCUT2D eigenvalue weighted by Gasteiger charge is -2.30. The average molecular weight is 183 g/mol. The molecule has 1 aliphatic heterocycles. The summed E-state index contributed by atoms with van der Waals surface area (Å²) in [6, 6.07) is 0. The van der Waals surface area contributed by atoms with Gasteiger partial charge in [0.2, 0.25) is 0 Å². The first-order valence-electron chi connectivity index (χ1n) is 5.56. The predicted molar refractivity (Wildman–Crippen MR) is 53.6 cm³/mol. The summed E-state index contributed by atoms with van der Waals surface area (Å²) in [7, 11) is 2.22. The minimum atomic E-state index is 0.381. The summed E-state index contributed by atoms with van der Waals surface area (Å²) in [5.74, 6) is 0.952. The third-order valence-corrected chi connectivity index (χ3v) is 4.05. The first-order valence-corrected chi connectivity index (χ1v) is 5.56. The Morgan fingerprint density at radius 2 is 2.08 bits per heavy atom. The Bertz CT molecular complexity index is 173. The maximum Gasteiger partial charge on any atom is 0.0431 e. The molecule has 0 aromatic rings. The van der Waals surface area contributed by atoms with Crippen LogP contribution in [-0.2, 0) is 0 Å². The van der Waals surface area contributed by atoms with Crippen LogP contribution in [0.15, 0.2) is 0 Å². The van der Waals surface area contributed by atoms with Gasteiger partial charge in [0.1, 0.15) is 0 Å². The molecule has 76 valence electrons. The van der Waals surface area contributed by atoms with Gasteiger partial charge < -0.3 is 10.0 Å². The summed E-state index contributed by atoms with van der Waals surface area (Å²) in [4.78, 5) is 2.44. The largest absolute Gasteiger partial charge is 0.396 e. The lowest BCUT2D eigenvalue weighted by molar-refractivity contribution is 0.188. The zero-order chi connectivity index (χ0) is 9.31. The Morgan fingerprint density at radius 1 is 1.38 bits per heavy atom. The van der Waals surface area contributed by atoms with Crippen LogP contribution in [0.25, 0.3) is 0 Å². The molecule has 0 aromatic carbocycles. The number of aliphatic hydroxyl groups is 1. The van der Waals surface area contributed by atoms with Crippen LogP contribution in [0.1, 0.15) is 32.1 Å². The van der Waals surface area contributed by atoms with Gasteiger partial charge in [-0.15, -0.1) is 0 Å². The molecule has 1 N–H and O–H groups in total. The van der Waals surface area contributed by atoms with Crippen molar-refractivity contribution in [1.29, 1.82) is 0 Å². The molecule has 0 amide bonds. The number of rotatable bonds is 3. The van der Waals surface area contributed by atoms with Crippen LogP contribution in [0.2, 0.25) is 0 Å². The molecule has 2 nitrogen and oxygen atoms in total. The van der Waals surface area contributed by atoms with Crippen molar-refractivity contribution in [3.8, 4) is 0 Å².